The Morgan fingerprint density at radius 2 is 1.56 bits per heavy atom. The normalized spacial score (nSPS) is 14.6. The van der Waals surface area contributed by atoms with E-state index in [1.165, 1.54) is 17.0 Å². The van der Waals surface area contributed by atoms with Gasteiger partial charge >= 0.3 is 0 Å². The molecule has 230 valence electrons. The van der Waals surface area contributed by atoms with E-state index in [1.807, 2.05) is 54.6 Å². The molecule has 1 saturated carbocycles. The van der Waals surface area contributed by atoms with E-state index < -0.39 is 28.5 Å². The molecular weight excluding hydrogens is 697 g/mol. The third-order valence-corrected chi connectivity index (χ3v) is 10.0. The Morgan fingerprint density at radius 1 is 0.907 bits per heavy atom. The highest BCUT2D eigenvalue weighted by atomic mass is 79.9. The van der Waals surface area contributed by atoms with E-state index in [4.69, 9.17) is 34.8 Å². The van der Waals surface area contributed by atoms with Crippen LogP contribution in [0.4, 0.5) is 5.69 Å². The predicted octanol–water partition coefficient (Wildman–Crippen LogP) is 7.26. The maximum atomic E-state index is 14.3. The van der Waals surface area contributed by atoms with Crippen molar-refractivity contribution in [2.24, 2.45) is 0 Å². The molecule has 7 nitrogen and oxygen atoms in total. The molecule has 1 aliphatic rings. The average molecular weight is 730 g/mol. The van der Waals surface area contributed by atoms with Gasteiger partial charge in [-0.25, -0.2) is 8.42 Å². The number of hydrogen-bond donors (Lipinski definition) is 1. The number of anilines is 1. The lowest BCUT2D eigenvalue weighted by molar-refractivity contribution is -0.140. The summed E-state index contributed by atoms with van der Waals surface area (Å²) in [4.78, 5) is 29.7. The van der Waals surface area contributed by atoms with Gasteiger partial charge in [0, 0.05) is 23.5 Å². The molecule has 0 aliphatic heterocycles. The summed E-state index contributed by atoms with van der Waals surface area (Å²) in [5, 5.41) is 3.43. The molecule has 0 radical (unpaired) electrons. The van der Waals surface area contributed by atoms with Crippen molar-refractivity contribution in [2.45, 2.75) is 57.2 Å². The zero-order valence-electron chi connectivity index (χ0n) is 23.6. The second-order valence-electron chi connectivity index (χ2n) is 10.7. The molecule has 4 rings (SSSR count). The van der Waals surface area contributed by atoms with Gasteiger partial charge in [-0.3, -0.25) is 13.9 Å². The van der Waals surface area contributed by atoms with Crippen LogP contribution in [0.3, 0.4) is 0 Å². The van der Waals surface area contributed by atoms with E-state index in [-0.39, 0.29) is 45.7 Å². The molecular formula is C31H33BrCl3N3O4S. The van der Waals surface area contributed by atoms with Gasteiger partial charge in [0.25, 0.3) is 0 Å². The SMILES string of the molecule is CS(=O)(=O)N(CC(=O)N(Cc1cccc(Br)c1)C(Cc1ccccc1)C(=O)NC1CCCCC1)c1cc(Cl)c(Cl)cc1Cl. The van der Waals surface area contributed by atoms with Gasteiger partial charge in [0.2, 0.25) is 21.8 Å². The lowest BCUT2D eigenvalue weighted by atomic mass is 9.94. The van der Waals surface area contributed by atoms with Gasteiger partial charge in [-0.05, 0) is 48.2 Å². The van der Waals surface area contributed by atoms with Crippen molar-refractivity contribution in [3.63, 3.8) is 0 Å². The highest BCUT2D eigenvalue weighted by Crippen LogP contribution is 2.36. The fourth-order valence-electron chi connectivity index (χ4n) is 5.23. The van der Waals surface area contributed by atoms with Crippen LogP contribution in [0.5, 0.6) is 0 Å². The fraction of sp³-hybridized carbons (Fsp3) is 0.355. The molecule has 0 saturated heterocycles. The van der Waals surface area contributed by atoms with Crippen molar-refractivity contribution in [1.29, 1.82) is 0 Å². The van der Waals surface area contributed by atoms with Crippen molar-refractivity contribution in [1.82, 2.24) is 10.2 Å². The summed E-state index contributed by atoms with van der Waals surface area (Å²) >= 11 is 22.2. The van der Waals surface area contributed by atoms with Gasteiger partial charge in [0.05, 0.1) is 27.0 Å². The van der Waals surface area contributed by atoms with E-state index >= 15 is 0 Å². The number of carbonyl (C=O) groups is 2. The highest BCUT2D eigenvalue weighted by molar-refractivity contribution is 9.10. The zero-order chi connectivity index (χ0) is 31.1. The van der Waals surface area contributed by atoms with E-state index in [0.29, 0.717) is 0 Å². The van der Waals surface area contributed by atoms with Crippen LogP contribution in [-0.4, -0.2) is 50.0 Å². The van der Waals surface area contributed by atoms with E-state index in [2.05, 4.69) is 21.2 Å². The molecule has 1 unspecified atom stereocenters. The van der Waals surface area contributed by atoms with Crippen LogP contribution in [0.25, 0.3) is 0 Å². The number of nitrogens with one attached hydrogen (secondary N) is 1. The molecule has 2 amide bonds. The highest BCUT2D eigenvalue weighted by Gasteiger charge is 2.34. The summed E-state index contributed by atoms with van der Waals surface area (Å²) in [6, 6.07) is 18.6. The van der Waals surface area contributed by atoms with Crippen molar-refractivity contribution in [3.8, 4) is 0 Å². The summed E-state index contributed by atoms with van der Waals surface area (Å²) in [5.74, 6) is -0.857. The van der Waals surface area contributed by atoms with Crippen molar-refractivity contribution < 1.29 is 18.0 Å². The summed E-state index contributed by atoms with van der Waals surface area (Å²) in [6.07, 6.45) is 6.17. The first-order chi connectivity index (χ1) is 20.4. The third kappa shape index (κ3) is 9.35. The molecule has 1 aliphatic carbocycles. The quantitative estimate of drug-likeness (QED) is 0.211. The summed E-state index contributed by atoms with van der Waals surface area (Å²) in [5.41, 5.74) is 1.65. The molecule has 1 N–H and O–H groups in total. The Balaban J connectivity index is 1.75. The van der Waals surface area contributed by atoms with Crippen LogP contribution in [0.1, 0.15) is 43.2 Å². The van der Waals surface area contributed by atoms with Gasteiger partial charge in [-0.2, -0.15) is 0 Å². The first-order valence-corrected chi connectivity index (χ1v) is 17.7. The van der Waals surface area contributed by atoms with E-state index in [0.717, 1.165) is 58.3 Å². The molecule has 0 spiro atoms. The van der Waals surface area contributed by atoms with E-state index in [1.54, 1.807) is 0 Å². The average Bonchev–Trinajstić information content (AvgIpc) is 2.96. The largest absolute Gasteiger partial charge is 0.352 e. The smallest absolute Gasteiger partial charge is 0.244 e. The first-order valence-electron chi connectivity index (χ1n) is 13.9. The first kappa shape index (κ1) is 33.6. The topological polar surface area (TPSA) is 86.8 Å². The van der Waals surface area contributed by atoms with Crippen LogP contribution in [-0.2, 0) is 32.6 Å². The number of benzene rings is 3. The molecule has 0 bridgehead atoms. The fourth-order valence-corrected chi connectivity index (χ4v) is 7.22. The van der Waals surface area contributed by atoms with Gasteiger partial charge < -0.3 is 10.2 Å². The minimum Gasteiger partial charge on any atom is -0.352 e. The predicted molar refractivity (Wildman–Crippen MR) is 177 cm³/mol. The van der Waals surface area contributed by atoms with Crippen LogP contribution in [0, 0.1) is 0 Å². The van der Waals surface area contributed by atoms with E-state index in [9.17, 15) is 18.0 Å². The molecule has 0 heterocycles. The monoisotopic (exact) mass is 727 g/mol. The number of rotatable bonds is 11. The molecule has 3 aromatic carbocycles. The van der Waals surface area contributed by atoms with Crippen LogP contribution >= 0.6 is 50.7 Å². The third-order valence-electron chi connectivity index (χ3n) is 7.40. The number of nitrogens with zero attached hydrogens (tertiary/aromatic N) is 2. The molecule has 3 aromatic rings. The molecule has 43 heavy (non-hydrogen) atoms. The van der Waals surface area contributed by atoms with Gasteiger partial charge in [0.1, 0.15) is 12.6 Å². The Hall–Kier alpha value is -2.30. The summed E-state index contributed by atoms with van der Waals surface area (Å²) < 4.78 is 27.8. The Labute approximate surface area is 276 Å². The van der Waals surface area contributed by atoms with Crippen LogP contribution < -0.4 is 9.62 Å². The Morgan fingerprint density at radius 3 is 2.21 bits per heavy atom. The summed E-state index contributed by atoms with van der Waals surface area (Å²) in [6.45, 7) is -0.535. The zero-order valence-corrected chi connectivity index (χ0v) is 28.3. The minimum atomic E-state index is -4.01. The molecule has 1 atom stereocenters. The second-order valence-corrected chi connectivity index (χ2v) is 14.7. The maximum Gasteiger partial charge on any atom is 0.244 e. The van der Waals surface area contributed by atoms with Crippen LogP contribution in [0.2, 0.25) is 15.1 Å². The van der Waals surface area contributed by atoms with Gasteiger partial charge in [0.15, 0.2) is 0 Å². The standard InChI is InChI=1S/C31H33BrCl3N3O4S/c1-43(41,42)38(28-18-26(34)25(33)17-27(28)35)20-30(39)37(19-22-11-8-12-23(32)15-22)29(16-21-9-4-2-5-10-21)31(40)36-24-13-6-3-7-14-24/h2,4-5,8-12,15,17-18,24,29H,3,6-7,13-14,16,19-20H2,1H3,(H,36,40). The Kier molecular flexibility index (Phi) is 11.8. The Bertz CT molecular complexity index is 1550. The van der Waals surface area contributed by atoms with Crippen molar-refractivity contribution in [3.05, 3.63) is 97.4 Å². The van der Waals surface area contributed by atoms with Gasteiger partial charge in [-0.1, -0.05) is 112 Å². The lowest BCUT2D eigenvalue weighted by Crippen LogP contribution is -2.55. The maximum absolute atomic E-state index is 14.3. The number of halogens is 4. The molecule has 1 fully saturated rings. The number of amides is 2. The van der Waals surface area contributed by atoms with Crippen molar-refractivity contribution >= 4 is 78.3 Å². The molecule has 12 heteroatoms. The van der Waals surface area contributed by atoms with Crippen molar-refractivity contribution in [2.75, 3.05) is 17.1 Å². The lowest BCUT2D eigenvalue weighted by Gasteiger charge is -2.35. The summed E-state index contributed by atoms with van der Waals surface area (Å²) in [7, 11) is -4.01. The number of sulfonamides is 1. The number of carbonyl (C=O) groups excluding carboxylic acids is 2. The minimum absolute atomic E-state index is 0.0144. The second kappa shape index (κ2) is 15.1. The molecule has 0 aromatic heterocycles. The number of hydrogen-bond acceptors (Lipinski definition) is 4. The van der Waals surface area contributed by atoms with Gasteiger partial charge in [-0.15, -0.1) is 0 Å². The van der Waals surface area contributed by atoms with Crippen LogP contribution in [0.15, 0.2) is 71.2 Å².